The Labute approximate surface area is 82.4 Å². The van der Waals surface area contributed by atoms with Crippen molar-refractivity contribution in [2.75, 3.05) is 19.6 Å². The number of hydrogen-bond donors (Lipinski definition) is 2. The number of nitrogens with zero attached hydrogens (tertiary/aromatic N) is 4. The fraction of sp³-hybridized carbons (Fsp3) is 0.625. The quantitative estimate of drug-likeness (QED) is 0.641. The Morgan fingerprint density at radius 1 is 1.64 bits per heavy atom. The van der Waals surface area contributed by atoms with Gasteiger partial charge in [0.1, 0.15) is 12.2 Å². The zero-order valence-corrected chi connectivity index (χ0v) is 8.19. The van der Waals surface area contributed by atoms with Crippen LogP contribution in [0, 0.1) is 0 Å². The van der Waals surface area contributed by atoms with Crippen LogP contribution in [0.1, 0.15) is 5.82 Å². The smallest absolute Gasteiger partial charge is 0.191 e. The molecule has 1 aliphatic heterocycles. The highest BCUT2D eigenvalue weighted by atomic mass is 15.3. The molecule has 0 saturated carbocycles. The third kappa shape index (κ3) is 2.01. The van der Waals surface area contributed by atoms with Crippen LogP contribution in [0.3, 0.4) is 0 Å². The molecule has 76 valence electrons. The van der Waals surface area contributed by atoms with Crippen LogP contribution in [0.2, 0.25) is 0 Å². The van der Waals surface area contributed by atoms with Crippen LogP contribution < -0.4 is 10.6 Å². The van der Waals surface area contributed by atoms with Crippen molar-refractivity contribution in [1.82, 2.24) is 25.4 Å². The van der Waals surface area contributed by atoms with Crippen LogP contribution in [-0.4, -0.2) is 40.4 Å². The molecule has 0 spiro atoms. The van der Waals surface area contributed by atoms with E-state index in [4.69, 9.17) is 0 Å². The number of rotatable bonds is 3. The zero-order valence-electron chi connectivity index (χ0n) is 8.19. The number of guanidine groups is 1. The van der Waals surface area contributed by atoms with Crippen LogP contribution in [0.15, 0.2) is 11.3 Å². The van der Waals surface area contributed by atoms with Crippen molar-refractivity contribution in [2.24, 2.45) is 12.0 Å². The minimum absolute atomic E-state index is 0.832. The van der Waals surface area contributed by atoms with Crippen molar-refractivity contribution in [2.45, 2.75) is 6.42 Å². The van der Waals surface area contributed by atoms with Gasteiger partial charge >= 0.3 is 0 Å². The van der Waals surface area contributed by atoms with E-state index < -0.39 is 0 Å². The summed E-state index contributed by atoms with van der Waals surface area (Å²) in [5.74, 6) is 1.88. The first-order chi connectivity index (χ1) is 6.86. The van der Waals surface area contributed by atoms with Crippen LogP contribution >= 0.6 is 0 Å². The predicted octanol–water partition coefficient (Wildman–Crippen LogP) is -1.09. The summed E-state index contributed by atoms with van der Waals surface area (Å²) in [6.07, 6.45) is 2.57. The molecule has 0 radical (unpaired) electrons. The minimum atomic E-state index is 0.832. The van der Waals surface area contributed by atoms with Crippen LogP contribution in [0.25, 0.3) is 0 Å². The van der Waals surface area contributed by atoms with Crippen molar-refractivity contribution in [3.8, 4) is 0 Å². The average molecular weight is 194 g/mol. The summed E-state index contributed by atoms with van der Waals surface area (Å²) in [6, 6.07) is 0. The van der Waals surface area contributed by atoms with Gasteiger partial charge in [-0.1, -0.05) is 0 Å². The fourth-order valence-corrected chi connectivity index (χ4v) is 1.34. The standard InChI is InChI=1S/C8H14N6/c1-14-6-12-13-7(14)2-3-9-8-10-4-5-11-8/h6H,2-5H2,1H3,(H2,9,10,11). The lowest BCUT2D eigenvalue weighted by atomic mass is 10.4. The van der Waals surface area contributed by atoms with Crippen molar-refractivity contribution in [3.05, 3.63) is 12.2 Å². The molecule has 1 aromatic heterocycles. The second-order valence-corrected chi connectivity index (χ2v) is 3.19. The molecule has 1 aliphatic rings. The molecule has 2 N–H and O–H groups in total. The van der Waals surface area contributed by atoms with Gasteiger partial charge in [-0.25, -0.2) is 0 Å². The van der Waals surface area contributed by atoms with Crippen molar-refractivity contribution >= 4 is 5.96 Å². The lowest BCUT2D eigenvalue weighted by molar-refractivity contribution is 0.741. The van der Waals surface area contributed by atoms with Gasteiger partial charge in [-0.05, 0) is 0 Å². The summed E-state index contributed by atoms with van der Waals surface area (Å²) in [7, 11) is 1.95. The molecule has 0 saturated heterocycles. The lowest BCUT2D eigenvalue weighted by Crippen LogP contribution is -2.35. The zero-order chi connectivity index (χ0) is 9.80. The molecule has 2 rings (SSSR count). The molecule has 2 heterocycles. The minimum Gasteiger partial charge on any atom is -0.356 e. The Kier molecular flexibility index (Phi) is 2.62. The Bertz CT molecular complexity index is 328. The highest BCUT2D eigenvalue weighted by Crippen LogP contribution is 1.91. The SMILES string of the molecule is Cn1cnnc1CCNC1=NCCN1. The average Bonchev–Trinajstić information content (AvgIpc) is 2.78. The monoisotopic (exact) mass is 194 g/mol. The number of aromatic nitrogens is 3. The van der Waals surface area contributed by atoms with E-state index in [1.54, 1.807) is 6.33 Å². The molecule has 0 unspecified atom stereocenters. The Hall–Kier alpha value is -1.59. The van der Waals surface area contributed by atoms with Gasteiger partial charge in [-0.15, -0.1) is 10.2 Å². The van der Waals surface area contributed by atoms with Gasteiger partial charge in [-0.2, -0.15) is 0 Å². The Balaban J connectivity index is 1.75. The van der Waals surface area contributed by atoms with Gasteiger partial charge in [-0.3, -0.25) is 4.99 Å². The summed E-state index contributed by atoms with van der Waals surface area (Å²) in [5, 5.41) is 14.2. The Morgan fingerprint density at radius 2 is 2.57 bits per heavy atom. The first-order valence-electron chi connectivity index (χ1n) is 4.71. The van der Waals surface area contributed by atoms with Crippen molar-refractivity contribution in [3.63, 3.8) is 0 Å². The molecule has 0 atom stereocenters. The van der Waals surface area contributed by atoms with Gasteiger partial charge in [0.15, 0.2) is 5.96 Å². The first-order valence-corrected chi connectivity index (χ1v) is 4.71. The van der Waals surface area contributed by atoms with E-state index in [-0.39, 0.29) is 0 Å². The third-order valence-corrected chi connectivity index (χ3v) is 2.12. The normalized spacial score (nSPS) is 15.1. The van der Waals surface area contributed by atoms with E-state index in [0.29, 0.717) is 0 Å². The summed E-state index contributed by atoms with van der Waals surface area (Å²) in [6.45, 7) is 2.64. The highest BCUT2D eigenvalue weighted by molar-refractivity contribution is 5.81. The second-order valence-electron chi connectivity index (χ2n) is 3.19. The van der Waals surface area contributed by atoms with Gasteiger partial charge in [0.2, 0.25) is 0 Å². The number of aliphatic imine (C=N–C) groups is 1. The topological polar surface area (TPSA) is 67.1 Å². The highest BCUT2D eigenvalue weighted by Gasteiger charge is 2.04. The summed E-state index contributed by atoms with van der Waals surface area (Å²) in [5.41, 5.74) is 0. The molecular weight excluding hydrogens is 180 g/mol. The molecule has 0 aliphatic carbocycles. The summed E-state index contributed by atoms with van der Waals surface area (Å²) in [4.78, 5) is 4.23. The summed E-state index contributed by atoms with van der Waals surface area (Å²) < 4.78 is 1.92. The van der Waals surface area contributed by atoms with E-state index in [0.717, 1.165) is 37.8 Å². The summed E-state index contributed by atoms with van der Waals surface area (Å²) >= 11 is 0. The van der Waals surface area contributed by atoms with Crippen molar-refractivity contribution in [1.29, 1.82) is 0 Å². The molecule has 0 amide bonds. The van der Waals surface area contributed by atoms with E-state index in [2.05, 4.69) is 25.8 Å². The Morgan fingerprint density at radius 3 is 3.21 bits per heavy atom. The molecule has 0 aromatic carbocycles. The van der Waals surface area contributed by atoms with Crippen LogP contribution in [0.4, 0.5) is 0 Å². The molecule has 0 bridgehead atoms. The maximum atomic E-state index is 4.23. The van der Waals surface area contributed by atoms with Gasteiger partial charge in [0.25, 0.3) is 0 Å². The first kappa shape index (κ1) is 8.98. The molecule has 1 aromatic rings. The largest absolute Gasteiger partial charge is 0.356 e. The second kappa shape index (κ2) is 4.08. The molecule has 0 fully saturated rings. The van der Waals surface area contributed by atoms with Gasteiger partial charge < -0.3 is 15.2 Å². The molecule has 6 nitrogen and oxygen atoms in total. The molecular formula is C8H14N6. The lowest BCUT2D eigenvalue weighted by Gasteiger charge is -2.05. The predicted molar refractivity (Wildman–Crippen MR) is 53.0 cm³/mol. The van der Waals surface area contributed by atoms with Crippen LogP contribution in [-0.2, 0) is 13.5 Å². The molecule has 14 heavy (non-hydrogen) atoms. The molecule has 6 heteroatoms. The number of hydrogen-bond acceptors (Lipinski definition) is 5. The van der Waals surface area contributed by atoms with E-state index in [1.807, 2.05) is 11.6 Å². The van der Waals surface area contributed by atoms with Gasteiger partial charge in [0, 0.05) is 26.6 Å². The van der Waals surface area contributed by atoms with Gasteiger partial charge in [0.05, 0.1) is 6.54 Å². The van der Waals surface area contributed by atoms with E-state index >= 15 is 0 Å². The fourth-order valence-electron chi connectivity index (χ4n) is 1.34. The van der Waals surface area contributed by atoms with E-state index in [1.165, 1.54) is 0 Å². The van der Waals surface area contributed by atoms with Crippen LogP contribution in [0.5, 0.6) is 0 Å². The van der Waals surface area contributed by atoms with Crippen molar-refractivity contribution < 1.29 is 0 Å². The maximum absolute atomic E-state index is 4.23. The number of aryl methyl sites for hydroxylation is 1. The number of nitrogens with one attached hydrogen (secondary N) is 2. The maximum Gasteiger partial charge on any atom is 0.191 e. The third-order valence-electron chi connectivity index (χ3n) is 2.12. The van der Waals surface area contributed by atoms with E-state index in [9.17, 15) is 0 Å².